The number of carbonyl (C=O) groups is 1. The number of aliphatic hydroxyl groups is 1. The molecule has 0 saturated carbocycles. The largest absolute Gasteiger partial charge is 0.369 e. The van der Waals surface area contributed by atoms with E-state index in [1.54, 1.807) is 32.0 Å². The molecule has 0 bridgehead atoms. The van der Waals surface area contributed by atoms with Crippen molar-refractivity contribution < 1.29 is 9.90 Å². The first kappa shape index (κ1) is 15.4. The van der Waals surface area contributed by atoms with Gasteiger partial charge >= 0.3 is 0 Å². The van der Waals surface area contributed by atoms with Crippen LogP contribution in [0.4, 0.5) is 0 Å². The maximum atomic E-state index is 12.4. The third-order valence-corrected chi connectivity index (χ3v) is 4.37. The average molecular weight is 314 g/mol. The van der Waals surface area contributed by atoms with Crippen LogP contribution in [0.3, 0.4) is 0 Å². The summed E-state index contributed by atoms with van der Waals surface area (Å²) in [4.78, 5) is 13.8. The van der Waals surface area contributed by atoms with Gasteiger partial charge in [-0.05, 0) is 57.0 Å². The fourth-order valence-corrected chi connectivity index (χ4v) is 2.98. The Bertz CT molecular complexity index is 588. The summed E-state index contributed by atoms with van der Waals surface area (Å²) >= 11 is 12.1. The van der Waals surface area contributed by atoms with Crippen molar-refractivity contribution >= 4 is 29.1 Å². The molecule has 1 amide bonds. The molecule has 20 heavy (non-hydrogen) atoms. The summed E-state index contributed by atoms with van der Waals surface area (Å²) in [5, 5.41) is 11.3. The highest BCUT2D eigenvalue weighted by molar-refractivity contribution is 6.34. The van der Waals surface area contributed by atoms with Gasteiger partial charge in [0.1, 0.15) is 0 Å². The number of aliphatic hydroxyl groups excluding tert-OH is 1. The molecule has 108 valence electrons. The van der Waals surface area contributed by atoms with Gasteiger partial charge in [0.05, 0.1) is 5.54 Å². The molecule has 0 radical (unpaired) electrons. The molecule has 5 heteroatoms. The monoisotopic (exact) mass is 313 g/mol. The summed E-state index contributed by atoms with van der Waals surface area (Å²) < 4.78 is 0. The summed E-state index contributed by atoms with van der Waals surface area (Å²) in [7, 11) is 0. The Kier molecular flexibility index (Phi) is 3.89. The molecule has 1 heterocycles. The van der Waals surface area contributed by atoms with Gasteiger partial charge in [0.15, 0.2) is 6.23 Å². The summed E-state index contributed by atoms with van der Waals surface area (Å²) in [5.74, 6) is -0.170. The van der Waals surface area contributed by atoms with Crippen molar-refractivity contribution in [2.75, 3.05) is 0 Å². The van der Waals surface area contributed by atoms with Crippen molar-refractivity contribution in [2.24, 2.45) is 0 Å². The van der Waals surface area contributed by atoms with Gasteiger partial charge in [-0.2, -0.15) is 0 Å². The molecular formula is C15H17Cl2NO2. The number of amides is 1. The molecular weight excluding hydrogens is 297 g/mol. The second-order valence-electron chi connectivity index (χ2n) is 5.57. The van der Waals surface area contributed by atoms with Gasteiger partial charge < -0.3 is 10.0 Å². The highest BCUT2D eigenvalue weighted by atomic mass is 35.5. The molecule has 1 atom stereocenters. The van der Waals surface area contributed by atoms with E-state index < -0.39 is 11.8 Å². The van der Waals surface area contributed by atoms with E-state index in [0.717, 1.165) is 5.56 Å². The van der Waals surface area contributed by atoms with E-state index in [4.69, 9.17) is 23.2 Å². The quantitative estimate of drug-likeness (QED) is 0.903. The molecule has 1 aromatic rings. The topological polar surface area (TPSA) is 40.5 Å². The zero-order chi connectivity index (χ0) is 15.2. The average Bonchev–Trinajstić information content (AvgIpc) is 2.53. The lowest BCUT2D eigenvalue weighted by atomic mass is 9.92. The Morgan fingerprint density at radius 1 is 1.15 bits per heavy atom. The number of nitrogens with zero attached hydrogens (tertiary/aromatic N) is 1. The predicted octanol–water partition coefficient (Wildman–Crippen LogP) is 3.73. The Labute approximate surface area is 128 Å². The minimum Gasteiger partial charge on any atom is -0.369 e. The highest BCUT2D eigenvalue weighted by Crippen LogP contribution is 2.38. The van der Waals surface area contributed by atoms with Gasteiger partial charge in [0, 0.05) is 15.6 Å². The van der Waals surface area contributed by atoms with Gasteiger partial charge in [-0.3, -0.25) is 4.79 Å². The molecule has 2 rings (SSSR count). The van der Waals surface area contributed by atoms with E-state index in [-0.39, 0.29) is 5.91 Å². The van der Waals surface area contributed by atoms with Gasteiger partial charge in [0.2, 0.25) is 0 Å². The molecule has 0 aromatic heterocycles. The third-order valence-electron chi connectivity index (χ3n) is 3.93. The molecule has 1 aliphatic rings. The van der Waals surface area contributed by atoms with Gasteiger partial charge in [-0.25, -0.2) is 0 Å². The first-order chi connectivity index (χ1) is 9.16. The van der Waals surface area contributed by atoms with Crippen LogP contribution in [0.15, 0.2) is 29.3 Å². The SMILES string of the molecule is CC1=C(C)[C@H](O)N(C(C)(C)c2cc(Cl)cc(Cl)c2)C1=O. The summed E-state index contributed by atoms with van der Waals surface area (Å²) in [6, 6.07) is 5.16. The molecule has 0 spiro atoms. The van der Waals surface area contributed by atoms with Crippen molar-refractivity contribution in [3.05, 3.63) is 45.0 Å². The van der Waals surface area contributed by atoms with Crippen molar-refractivity contribution in [3.63, 3.8) is 0 Å². The number of halogens is 2. The van der Waals surface area contributed by atoms with E-state index >= 15 is 0 Å². The van der Waals surface area contributed by atoms with Crippen LogP contribution in [0, 0.1) is 0 Å². The maximum absolute atomic E-state index is 12.4. The Morgan fingerprint density at radius 2 is 1.65 bits per heavy atom. The van der Waals surface area contributed by atoms with Crippen LogP contribution in [0.5, 0.6) is 0 Å². The minimum atomic E-state index is -0.921. The number of benzene rings is 1. The normalized spacial score (nSPS) is 20.1. The van der Waals surface area contributed by atoms with Crippen molar-refractivity contribution in [1.29, 1.82) is 0 Å². The number of hydrogen-bond acceptors (Lipinski definition) is 2. The zero-order valence-corrected chi connectivity index (χ0v) is 13.4. The Balaban J connectivity index is 2.48. The molecule has 0 fully saturated rings. The molecule has 1 aromatic carbocycles. The first-order valence-electron chi connectivity index (χ1n) is 6.32. The summed E-state index contributed by atoms with van der Waals surface area (Å²) in [6.07, 6.45) is -0.921. The Hall–Kier alpha value is -1.03. The lowest BCUT2D eigenvalue weighted by Crippen LogP contribution is -2.48. The number of rotatable bonds is 2. The lowest BCUT2D eigenvalue weighted by molar-refractivity contribution is -0.140. The van der Waals surface area contributed by atoms with Crippen LogP contribution in [-0.2, 0) is 10.3 Å². The second kappa shape index (κ2) is 5.06. The smallest absolute Gasteiger partial charge is 0.252 e. The fraction of sp³-hybridized carbons (Fsp3) is 0.400. The van der Waals surface area contributed by atoms with Gasteiger partial charge in [-0.15, -0.1) is 0 Å². The molecule has 1 aliphatic heterocycles. The standard InChI is InChI=1S/C15H17Cl2NO2/c1-8-9(2)14(20)18(13(8)19)15(3,4)10-5-11(16)7-12(17)6-10/h5-7,13,19H,1-4H3/t13-/m0/s1. The number of hydrogen-bond donors (Lipinski definition) is 1. The van der Waals surface area contributed by atoms with Crippen molar-refractivity contribution in [1.82, 2.24) is 4.90 Å². The summed E-state index contributed by atoms with van der Waals surface area (Å²) in [5.41, 5.74) is 1.32. The van der Waals surface area contributed by atoms with Crippen molar-refractivity contribution in [3.8, 4) is 0 Å². The van der Waals surface area contributed by atoms with Crippen LogP contribution in [-0.4, -0.2) is 22.1 Å². The van der Waals surface area contributed by atoms with Crippen LogP contribution >= 0.6 is 23.2 Å². The molecule has 0 saturated heterocycles. The zero-order valence-electron chi connectivity index (χ0n) is 11.9. The van der Waals surface area contributed by atoms with Crippen LogP contribution in [0.25, 0.3) is 0 Å². The van der Waals surface area contributed by atoms with Crippen LogP contribution < -0.4 is 0 Å². The van der Waals surface area contributed by atoms with Gasteiger partial charge in [0.25, 0.3) is 5.91 Å². The summed E-state index contributed by atoms with van der Waals surface area (Å²) in [6.45, 7) is 7.21. The van der Waals surface area contributed by atoms with E-state index in [1.165, 1.54) is 4.90 Å². The molecule has 0 aliphatic carbocycles. The lowest BCUT2D eigenvalue weighted by Gasteiger charge is -2.39. The predicted molar refractivity (Wildman–Crippen MR) is 80.7 cm³/mol. The van der Waals surface area contributed by atoms with Gasteiger partial charge in [-0.1, -0.05) is 23.2 Å². The van der Waals surface area contributed by atoms with Crippen molar-refractivity contribution in [2.45, 2.75) is 39.5 Å². The molecule has 3 nitrogen and oxygen atoms in total. The Morgan fingerprint density at radius 3 is 2.05 bits per heavy atom. The first-order valence-corrected chi connectivity index (χ1v) is 7.07. The molecule has 0 unspecified atom stereocenters. The minimum absolute atomic E-state index is 0.170. The van der Waals surface area contributed by atoms with E-state index in [1.807, 2.05) is 13.8 Å². The van der Waals surface area contributed by atoms with Crippen LogP contribution in [0.1, 0.15) is 33.3 Å². The second-order valence-corrected chi connectivity index (χ2v) is 6.45. The van der Waals surface area contributed by atoms with E-state index in [9.17, 15) is 9.90 Å². The van der Waals surface area contributed by atoms with Crippen LogP contribution in [0.2, 0.25) is 10.0 Å². The molecule has 1 N–H and O–H groups in total. The maximum Gasteiger partial charge on any atom is 0.252 e. The van der Waals surface area contributed by atoms with E-state index in [2.05, 4.69) is 0 Å². The van der Waals surface area contributed by atoms with E-state index in [0.29, 0.717) is 21.2 Å². The number of carbonyl (C=O) groups excluding carboxylic acids is 1. The fourth-order valence-electron chi connectivity index (χ4n) is 2.45. The third kappa shape index (κ3) is 2.34. The highest BCUT2D eigenvalue weighted by Gasteiger charge is 2.43.